The van der Waals surface area contributed by atoms with Crippen LogP contribution >= 0.6 is 46.0 Å². The minimum atomic E-state index is -0.0975. The first-order valence-corrected chi connectivity index (χ1v) is 10.9. The van der Waals surface area contributed by atoms with Crippen molar-refractivity contribution >= 4 is 57.7 Å². The molecule has 0 aromatic carbocycles. The Hall–Kier alpha value is -0.280. The van der Waals surface area contributed by atoms with E-state index in [-0.39, 0.29) is 17.9 Å². The quantitative estimate of drug-likeness (QED) is 0.223. The number of thioether (sulfide) groups is 1. The number of ether oxygens (including phenoxy) is 1. The van der Waals surface area contributed by atoms with Gasteiger partial charge in [0.2, 0.25) is 0 Å². The number of esters is 1. The summed E-state index contributed by atoms with van der Waals surface area (Å²) < 4.78 is 6.16. The fourth-order valence-electron chi connectivity index (χ4n) is 3.98. The summed E-state index contributed by atoms with van der Waals surface area (Å²) in [6.45, 7) is 2.28. The van der Waals surface area contributed by atoms with Gasteiger partial charge in [0.05, 0.1) is 16.1 Å². The first kappa shape index (κ1) is 18.5. The smallest absolute Gasteiger partial charge is 0.311 e. The normalized spacial score (nSPS) is 28.7. The Labute approximate surface area is 165 Å². The molecule has 1 heterocycles. The summed E-state index contributed by atoms with van der Waals surface area (Å²) >= 11 is 9.86. The molecule has 3 fully saturated rings. The lowest BCUT2D eigenvalue weighted by Crippen LogP contribution is -2.52. The lowest BCUT2D eigenvalue weighted by Gasteiger charge is -2.47. The highest BCUT2D eigenvalue weighted by molar-refractivity contribution is 14.1. The largest absolute Gasteiger partial charge is 0.466 e. The number of carbonyl (C=O) groups is 1. The van der Waals surface area contributed by atoms with E-state index in [1.54, 1.807) is 0 Å². The zero-order valence-electron chi connectivity index (χ0n) is 13.7. The van der Waals surface area contributed by atoms with Crippen LogP contribution in [-0.2, 0) is 9.53 Å². The first-order valence-electron chi connectivity index (χ1n) is 8.25. The Balaban J connectivity index is 1.89. The summed E-state index contributed by atoms with van der Waals surface area (Å²) in [7, 11) is 0. The van der Waals surface area contributed by atoms with Crippen LogP contribution in [0, 0.1) is 21.3 Å². The third kappa shape index (κ3) is 3.62. The van der Waals surface area contributed by atoms with Crippen LogP contribution < -0.4 is 5.32 Å². The zero-order chi connectivity index (χ0) is 17.3. The Bertz CT molecular complexity index is 626. The van der Waals surface area contributed by atoms with Crippen molar-refractivity contribution < 1.29 is 9.53 Å². The number of anilines is 1. The third-order valence-electron chi connectivity index (χ3n) is 5.05. The number of carbonyl (C=O) groups excluding carboxylic acids is 1. The number of fused-ring (bicyclic) bond motifs is 3. The SMILES string of the molecule is CCOC(=O)[C@@H]1C2CCC(CC2)[C@H]1Nc1nc(SC)nc(Cl)c1I. The number of aromatic nitrogens is 2. The van der Waals surface area contributed by atoms with E-state index in [1.165, 1.54) is 11.8 Å². The molecule has 3 aliphatic rings. The van der Waals surface area contributed by atoms with Crippen LogP contribution in [0.15, 0.2) is 5.16 Å². The molecule has 2 atom stereocenters. The van der Waals surface area contributed by atoms with Gasteiger partial charge in [0.1, 0.15) is 11.0 Å². The van der Waals surface area contributed by atoms with Crippen LogP contribution in [0.4, 0.5) is 5.82 Å². The molecule has 132 valence electrons. The van der Waals surface area contributed by atoms with Crippen LogP contribution in [-0.4, -0.2) is 34.8 Å². The van der Waals surface area contributed by atoms with Gasteiger partial charge in [0.25, 0.3) is 0 Å². The third-order valence-corrected chi connectivity index (χ3v) is 7.22. The van der Waals surface area contributed by atoms with Crippen LogP contribution in [0.3, 0.4) is 0 Å². The number of hydrogen-bond acceptors (Lipinski definition) is 6. The molecule has 4 rings (SSSR count). The highest BCUT2D eigenvalue weighted by atomic mass is 127. The molecule has 1 aromatic heterocycles. The fraction of sp³-hybridized carbons (Fsp3) is 0.688. The fourth-order valence-corrected chi connectivity index (χ4v) is 4.96. The molecule has 3 aliphatic carbocycles. The average molecular weight is 482 g/mol. The van der Waals surface area contributed by atoms with Crippen molar-refractivity contribution in [1.29, 1.82) is 0 Å². The van der Waals surface area contributed by atoms with Gasteiger partial charge in [-0.2, -0.15) is 0 Å². The molecule has 8 heteroatoms. The van der Waals surface area contributed by atoms with Gasteiger partial charge in [0, 0.05) is 6.04 Å². The molecule has 24 heavy (non-hydrogen) atoms. The Kier molecular flexibility index (Phi) is 6.13. The predicted octanol–water partition coefficient (Wildman–Crippen LogP) is 4.24. The second-order valence-electron chi connectivity index (χ2n) is 6.29. The monoisotopic (exact) mass is 481 g/mol. The van der Waals surface area contributed by atoms with Crippen LogP contribution in [0.25, 0.3) is 0 Å². The summed E-state index contributed by atoms with van der Waals surface area (Å²) in [5.74, 6) is 1.43. The molecule has 2 bridgehead atoms. The summed E-state index contributed by atoms with van der Waals surface area (Å²) in [4.78, 5) is 21.4. The molecule has 0 saturated heterocycles. The Morgan fingerprint density at radius 2 is 2.00 bits per heavy atom. The Morgan fingerprint density at radius 1 is 1.33 bits per heavy atom. The predicted molar refractivity (Wildman–Crippen MR) is 105 cm³/mol. The van der Waals surface area contributed by atoms with E-state index in [2.05, 4.69) is 37.9 Å². The highest BCUT2D eigenvalue weighted by Gasteiger charge is 2.48. The molecular formula is C16H21ClIN3O2S. The van der Waals surface area contributed by atoms with Crippen molar-refractivity contribution in [2.75, 3.05) is 18.2 Å². The summed E-state index contributed by atoms with van der Waals surface area (Å²) in [5, 5.41) is 4.61. The number of rotatable bonds is 5. The topological polar surface area (TPSA) is 64.1 Å². The number of hydrogen-bond donors (Lipinski definition) is 1. The van der Waals surface area contributed by atoms with Crippen molar-refractivity contribution in [3.8, 4) is 0 Å². The molecular weight excluding hydrogens is 461 g/mol. The van der Waals surface area contributed by atoms with Crippen molar-refractivity contribution in [3.05, 3.63) is 8.72 Å². The Morgan fingerprint density at radius 3 is 2.62 bits per heavy atom. The van der Waals surface area contributed by atoms with Gasteiger partial charge in [0.15, 0.2) is 5.16 Å². The van der Waals surface area contributed by atoms with Gasteiger partial charge in [-0.1, -0.05) is 23.4 Å². The summed E-state index contributed by atoms with van der Waals surface area (Å²) in [5.41, 5.74) is 0. The van der Waals surface area contributed by atoms with Gasteiger partial charge in [-0.25, -0.2) is 9.97 Å². The molecule has 5 nitrogen and oxygen atoms in total. The summed E-state index contributed by atoms with van der Waals surface area (Å²) in [6, 6.07) is 0.0609. The molecule has 0 amide bonds. The van der Waals surface area contributed by atoms with E-state index >= 15 is 0 Å². The van der Waals surface area contributed by atoms with Crippen molar-refractivity contribution in [1.82, 2.24) is 9.97 Å². The maximum atomic E-state index is 12.5. The van der Waals surface area contributed by atoms with E-state index in [0.717, 1.165) is 35.1 Å². The van der Waals surface area contributed by atoms with Gasteiger partial charge in [-0.3, -0.25) is 4.79 Å². The number of nitrogens with zero attached hydrogens (tertiary/aromatic N) is 2. The van der Waals surface area contributed by atoms with Crippen molar-refractivity contribution in [2.45, 2.75) is 43.8 Å². The standard InChI is InChI=1S/C16H21ClIN3O2S/c1-3-23-15(22)10-8-4-6-9(7-5-8)12(10)19-14-11(18)13(17)20-16(21-14)24-2/h8-10,12H,3-7H2,1-2H3,(H,19,20,21)/t8?,9?,10-,12-/m1/s1. The minimum absolute atomic E-state index is 0.0609. The maximum Gasteiger partial charge on any atom is 0.311 e. The lowest BCUT2D eigenvalue weighted by atomic mass is 9.61. The second-order valence-corrected chi connectivity index (χ2v) is 8.50. The average Bonchev–Trinajstić information content (AvgIpc) is 2.59. The maximum absolute atomic E-state index is 12.5. The first-order chi connectivity index (χ1) is 11.5. The van der Waals surface area contributed by atoms with Crippen molar-refractivity contribution in [3.63, 3.8) is 0 Å². The van der Waals surface area contributed by atoms with E-state index in [4.69, 9.17) is 16.3 Å². The van der Waals surface area contributed by atoms with Crippen molar-refractivity contribution in [2.24, 2.45) is 17.8 Å². The molecule has 0 unspecified atom stereocenters. The highest BCUT2D eigenvalue weighted by Crippen LogP contribution is 2.47. The molecule has 0 radical (unpaired) electrons. The second kappa shape index (κ2) is 7.95. The number of halogens is 2. The number of nitrogens with one attached hydrogen (secondary N) is 1. The van der Waals surface area contributed by atoms with Gasteiger partial charge in [-0.15, -0.1) is 0 Å². The van der Waals surface area contributed by atoms with Gasteiger partial charge in [-0.05, 0) is 73.3 Å². The van der Waals surface area contributed by atoms with Gasteiger partial charge >= 0.3 is 5.97 Å². The van der Waals surface area contributed by atoms with E-state index < -0.39 is 0 Å². The van der Waals surface area contributed by atoms with E-state index in [9.17, 15) is 4.79 Å². The van der Waals surface area contributed by atoms with E-state index in [1.807, 2.05) is 13.2 Å². The van der Waals surface area contributed by atoms with E-state index in [0.29, 0.717) is 28.8 Å². The zero-order valence-corrected chi connectivity index (χ0v) is 17.4. The van der Waals surface area contributed by atoms with Gasteiger partial charge < -0.3 is 10.1 Å². The molecule has 0 spiro atoms. The summed E-state index contributed by atoms with van der Waals surface area (Å²) in [6.07, 6.45) is 6.46. The van der Waals surface area contributed by atoms with Crippen LogP contribution in [0.1, 0.15) is 32.6 Å². The molecule has 1 aromatic rings. The van der Waals surface area contributed by atoms with Crippen LogP contribution in [0.5, 0.6) is 0 Å². The lowest BCUT2D eigenvalue weighted by molar-refractivity contribution is -0.154. The molecule has 0 aliphatic heterocycles. The molecule has 1 N–H and O–H groups in total. The minimum Gasteiger partial charge on any atom is -0.466 e. The van der Waals surface area contributed by atoms with Crippen LogP contribution in [0.2, 0.25) is 5.15 Å². The molecule has 3 saturated carbocycles.